The molecule has 0 amide bonds. The highest BCUT2D eigenvalue weighted by molar-refractivity contribution is 6.17. The maximum absolute atomic E-state index is 5.56. The predicted molar refractivity (Wildman–Crippen MR) is 62.0 cm³/mol. The Morgan fingerprint density at radius 2 is 2.00 bits per heavy atom. The Bertz CT molecular complexity index is 277. The van der Waals surface area contributed by atoms with E-state index in [1.54, 1.807) is 0 Å². The van der Waals surface area contributed by atoms with Gasteiger partial charge in [-0.1, -0.05) is 24.3 Å². The first-order valence-corrected chi connectivity index (χ1v) is 5.35. The standard InChI is InChI=1S/C12H15ClO/c1-2-14-12-8-6-11(7-9-12)5-3-4-10-13/h3,5-9H,2,4,10H2,1H3. The molecule has 0 heterocycles. The van der Waals surface area contributed by atoms with Crippen molar-refractivity contribution in [3.05, 3.63) is 35.9 Å². The molecule has 14 heavy (non-hydrogen) atoms. The zero-order valence-corrected chi connectivity index (χ0v) is 9.13. The first-order valence-electron chi connectivity index (χ1n) is 4.82. The molecule has 0 bridgehead atoms. The first kappa shape index (κ1) is 11.1. The number of rotatable bonds is 5. The van der Waals surface area contributed by atoms with E-state index in [0.29, 0.717) is 12.5 Å². The average Bonchev–Trinajstić information content (AvgIpc) is 2.21. The van der Waals surface area contributed by atoms with Crippen LogP contribution in [0.25, 0.3) is 6.08 Å². The van der Waals surface area contributed by atoms with Crippen LogP contribution in [0.1, 0.15) is 18.9 Å². The molecule has 1 rings (SSSR count). The minimum atomic E-state index is 0.674. The Morgan fingerprint density at radius 1 is 1.29 bits per heavy atom. The molecule has 0 atom stereocenters. The molecule has 0 N–H and O–H groups in total. The summed E-state index contributed by atoms with van der Waals surface area (Å²) in [7, 11) is 0. The number of hydrogen-bond acceptors (Lipinski definition) is 1. The van der Waals surface area contributed by atoms with Crippen LogP contribution in [0.3, 0.4) is 0 Å². The van der Waals surface area contributed by atoms with Gasteiger partial charge in [-0.05, 0) is 31.0 Å². The molecule has 0 spiro atoms. The topological polar surface area (TPSA) is 9.23 Å². The zero-order chi connectivity index (χ0) is 10.2. The highest BCUT2D eigenvalue weighted by Gasteiger charge is 1.90. The second-order valence-corrected chi connectivity index (χ2v) is 3.26. The summed E-state index contributed by atoms with van der Waals surface area (Å²) in [6, 6.07) is 8.03. The molecule has 0 aliphatic heterocycles. The van der Waals surface area contributed by atoms with Crippen LogP contribution in [0.4, 0.5) is 0 Å². The lowest BCUT2D eigenvalue weighted by atomic mass is 10.2. The maximum atomic E-state index is 5.56. The van der Waals surface area contributed by atoms with Crippen molar-refractivity contribution >= 4 is 17.7 Å². The third-order valence-electron chi connectivity index (χ3n) is 1.78. The summed E-state index contributed by atoms with van der Waals surface area (Å²) in [5.41, 5.74) is 1.18. The third kappa shape index (κ3) is 3.84. The van der Waals surface area contributed by atoms with E-state index in [0.717, 1.165) is 12.2 Å². The van der Waals surface area contributed by atoms with Crippen molar-refractivity contribution in [1.82, 2.24) is 0 Å². The normalized spacial score (nSPS) is 10.7. The van der Waals surface area contributed by atoms with Crippen molar-refractivity contribution in [2.75, 3.05) is 12.5 Å². The monoisotopic (exact) mass is 210 g/mol. The van der Waals surface area contributed by atoms with Gasteiger partial charge < -0.3 is 4.74 Å². The summed E-state index contributed by atoms with van der Waals surface area (Å²) < 4.78 is 5.34. The molecule has 2 heteroatoms. The molecule has 0 aliphatic rings. The van der Waals surface area contributed by atoms with E-state index < -0.39 is 0 Å². The van der Waals surface area contributed by atoms with E-state index >= 15 is 0 Å². The van der Waals surface area contributed by atoms with Crippen LogP contribution >= 0.6 is 11.6 Å². The molecule has 0 saturated carbocycles. The van der Waals surface area contributed by atoms with Gasteiger partial charge in [0.25, 0.3) is 0 Å². The van der Waals surface area contributed by atoms with Crippen LogP contribution < -0.4 is 4.74 Å². The lowest BCUT2D eigenvalue weighted by Gasteiger charge is -2.01. The van der Waals surface area contributed by atoms with Gasteiger partial charge in [-0.15, -0.1) is 11.6 Å². The van der Waals surface area contributed by atoms with Gasteiger partial charge in [0.2, 0.25) is 0 Å². The maximum Gasteiger partial charge on any atom is 0.119 e. The minimum Gasteiger partial charge on any atom is -0.494 e. The summed E-state index contributed by atoms with van der Waals surface area (Å²) in [6.45, 7) is 2.69. The second kappa shape index (κ2) is 6.50. The molecule has 0 fully saturated rings. The van der Waals surface area contributed by atoms with E-state index in [1.807, 2.05) is 31.2 Å². The Morgan fingerprint density at radius 3 is 2.57 bits per heavy atom. The Balaban J connectivity index is 2.54. The number of alkyl halides is 1. The van der Waals surface area contributed by atoms with E-state index in [-0.39, 0.29) is 0 Å². The molecule has 1 aromatic rings. The fourth-order valence-corrected chi connectivity index (χ4v) is 1.25. The smallest absolute Gasteiger partial charge is 0.119 e. The Hall–Kier alpha value is -0.950. The summed E-state index contributed by atoms with van der Waals surface area (Å²) in [6.07, 6.45) is 5.05. The van der Waals surface area contributed by atoms with Gasteiger partial charge in [-0.2, -0.15) is 0 Å². The number of allylic oxidation sites excluding steroid dienone is 1. The zero-order valence-electron chi connectivity index (χ0n) is 8.37. The molecule has 1 nitrogen and oxygen atoms in total. The lowest BCUT2D eigenvalue weighted by Crippen LogP contribution is -1.90. The molecule has 1 aromatic carbocycles. The van der Waals surface area contributed by atoms with Crippen molar-refractivity contribution in [3.8, 4) is 5.75 Å². The van der Waals surface area contributed by atoms with Gasteiger partial charge >= 0.3 is 0 Å². The third-order valence-corrected chi connectivity index (χ3v) is 2.00. The molecule has 0 aliphatic carbocycles. The van der Waals surface area contributed by atoms with E-state index in [2.05, 4.69) is 12.2 Å². The number of benzene rings is 1. The number of halogens is 1. The van der Waals surface area contributed by atoms with Crippen molar-refractivity contribution < 1.29 is 4.74 Å². The minimum absolute atomic E-state index is 0.674. The quantitative estimate of drug-likeness (QED) is 0.673. The molecular weight excluding hydrogens is 196 g/mol. The van der Waals surface area contributed by atoms with Gasteiger partial charge in [0, 0.05) is 5.88 Å². The Labute approximate surface area is 90.3 Å². The van der Waals surface area contributed by atoms with Crippen LogP contribution in [0.5, 0.6) is 5.75 Å². The highest BCUT2D eigenvalue weighted by Crippen LogP contribution is 2.13. The van der Waals surface area contributed by atoms with Gasteiger partial charge in [0.15, 0.2) is 0 Å². The fraction of sp³-hybridized carbons (Fsp3) is 0.333. The number of ether oxygens (including phenoxy) is 1. The van der Waals surface area contributed by atoms with Crippen LogP contribution in [-0.4, -0.2) is 12.5 Å². The van der Waals surface area contributed by atoms with Crippen LogP contribution in [0.15, 0.2) is 30.3 Å². The van der Waals surface area contributed by atoms with Crippen molar-refractivity contribution in [1.29, 1.82) is 0 Å². The largest absolute Gasteiger partial charge is 0.494 e. The van der Waals surface area contributed by atoms with Crippen molar-refractivity contribution in [2.24, 2.45) is 0 Å². The summed E-state index contributed by atoms with van der Waals surface area (Å²) in [4.78, 5) is 0. The highest BCUT2D eigenvalue weighted by atomic mass is 35.5. The van der Waals surface area contributed by atoms with Gasteiger partial charge in [-0.25, -0.2) is 0 Å². The van der Waals surface area contributed by atoms with Crippen molar-refractivity contribution in [3.63, 3.8) is 0 Å². The van der Waals surface area contributed by atoms with Gasteiger partial charge in [0.05, 0.1) is 6.61 Å². The first-order chi connectivity index (χ1) is 6.86. The molecule has 0 saturated heterocycles. The second-order valence-electron chi connectivity index (χ2n) is 2.88. The fourth-order valence-electron chi connectivity index (χ4n) is 1.12. The average molecular weight is 211 g/mol. The molecule has 0 radical (unpaired) electrons. The van der Waals surface area contributed by atoms with E-state index in [1.165, 1.54) is 5.56 Å². The Kier molecular flexibility index (Phi) is 5.16. The van der Waals surface area contributed by atoms with E-state index in [4.69, 9.17) is 16.3 Å². The molecule has 0 aromatic heterocycles. The molecular formula is C12H15ClO. The summed E-state index contributed by atoms with van der Waals surface area (Å²) in [5, 5.41) is 0. The predicted octanol–water partition coefficient (Wildman–Crippen LogP) is 3.73. The van der Waals surface area contributed by atoms with Crippen LogP contribution in [0.2, 0.25) is 0 Å². The molecule has 76 valence electrons. The van der Waals surface area contributed by atoms with Gasteiger partial charge in [-0.3, -0.25) is 0 Å². The lowest BCUT2D eigenvalue weighted by molar-refractivity contribution is 0.340. The van der Waals surface area contributed by atoms with Crippen molar-refractivity contribution in [2.45, 2.75) is 13.3 Å². The van der Waals surface area contributed by atoms with Crippen LogP contribution in [-0.2, 0) is 0 Å². The SMILES string of the molecule is CCOc1ccc(C=CCCCl)cc1. The number of hydrogen-bond donors (Lipinski definition) is 0. The van der Waals surface area contributed by atoms with E-state index in [9.17, 15) is 0 Å². The summed E-state index contributed by atoms with van der Waals surface area (Å²) in [5.74, 6) is 1.59. The molecule has 0 unspecified atom stereocenters. The van der Waals surface area contributed by atoms with Gasteiger partial charge in [0.1, 0.15) is 5.75 Å². The van der Waals surface area contributed by atoms with Crippen LogP contribution in [0, 0.1) is 0 Å². The summed E-state index contributed by atoms with van der Waals surface area (Å²) >= 11 is 5.56.